The molecule has 0 amide bonds. The highest BCUT2D eigenvalue weighted by atomic mass is 32.1. The van der Waals surface area contributed by atoms with Gasteiger partial charge in [-0.25, -0.2) is 0 Å². The number of anilines is 1. The van der Waals surface area contributed by atoms with Crippen molar-refractivity contribution in [2.24, 2.45) is 0 Å². The number of ether oxygens (including phenoxy) is 2. The first-order valence-corrected chi connectivity index (χ1v) is 6.68. The van der Waals surface area contributed by atoms with Gasteiger partial charge in [0.2, 0.25) is 4.96 Å². The van der Waals surface area contributed by atoms with Crippen LogP contribution in [0.5, 0.6) is 5.75 Å². The van der Waals surface area contributed by atoms with E-state index in [0.717, 1.165) is 10.6 Å². The lowest BCUT2D eigenvalue weighted by Gasteiger charge is -2.04. The van der Waals surface area contributed by atoms with Crippen LogP contribution in [-0.4, -0.2) is 34.0 Å². The summed E-state index contributed by atoms with van der Waals surface area (Å²) in [7, 11) is 3.21. The van der Waals surface area contributed by atoms with Gasteiger partial charge in [0, 0.05) is 24.4 Å². The van der Waals surface area contributed by atoms with E-state index in [-0.39, 0.29) is 0 Å². The molecule has 0 aliphatic rings. The van der Waals surface area contributed by atoms with Gasteiger partial charge in [-0.2, -0.15) is 9.61 Å². The Balaban J connectivity index is 2.06. The van der Waals surface area contributed by atoms with Crippen LogP contribution in [0.3, 0.4) is 0 Å². The molecule has 0 aliphatic carbocycles. The number of nitrogens with two attached hydrogens (primary N) is 1. The molecule has 0 bridgehead atoms. The largest absolute Gasteiger partial charge is 0.497 e. The van der Waals surface area contributed by atoms with Crippen molar-refractivity contribution in [1.82, 2.24) is 19.8 Å². The van der Waals surface area contributed by atoms with E-state index in [1.807, 2.05) is 12.1 Å². The number of rotatable bonds is 4. The zero-order chi connectivity index (χ0) is 14.1. The van der Waals surface area contributed by atoms with Gasteiger partial charge in [-0.15, -0.1) is 10.2 Å². The summed E-state index contributed by atoms with van der Waals surface area (Å²) in [5.74, 6) is 1.38. The molecular weight excluding hydrogens is 278 g/mol. The summed E-state index contributed by atoms with van der Waals surface area (Å²) in [5, 5.41) is 13.4. The van der Waals surface area contributed by atoms with Gasteiger partial charge < -0.3 is 15.2 Å². The summed E-state index contributed by atoms with van der Waals surface area (Å²) < 4.78 is 11.9. The van der Waals surface area contributed by atoms with Crippen LogP contribution >= 0.6 is 11.3 Å². The quantitative estimate of drug-likeness (QED) is 0.734. The van der Waals surface area contributed by atoms with Gasteiger partial charge in [0.05, 0.1) is 7.11 Å². The molecule has 0 fully saturated rings. The van der Waals surface area contributed by atoms with Gasteiger partial charge in [0.25, 0.3) is 0 Å². The van der Waals surface area contributed by atoms with E-state index in [9.17, 15) is 0 Å². The van der Waals surface area contributed by atoms with Crippen molar-refractivity contribution in [3.05, 3.63) is 24.0 Å². The van der Waals surface area contributed by atoms with Crippen molar-refractivity contribution in [1.29, 1.82) is 0 Å². The maximum absolute atomic E-state index is 6.03. The predicted molar refractivity (Wildman–Crippen MR) is 75.8 cm³/mol. The van der Waals surface area contributed by atoms with E-state index in [4.69, 9.17) is 15.2 Å². The SMILES string of the molecule is COCc1nnc2sc(-c3ccc(OC)cc3N)nn12. The summed E-state index contributed by atoms with van der Waals surface area (Å²) in [4.78, 5) is 0.710. The number of methoxy groups -OCH3 is 2. The summed E-state index contributed by atoms with van der Waals surface area (Å²) in [6.07, 6.45) is 0. The lowest BCUT2D eigenvalue weighted by atomic mass is 10.2. The zero-order valence-corrected chi connectivity index (χ0v) is 11.8. The number of hydrogen-bond donors (Lipinski definition) is 1. The van der Waals surface area contributed by atoms with Crippen LogP contribution in [-0.2, 0) is 11.3 Å². The van der Waals surface area contributed by atoms with E-state index < -0.39 is 0 Å². The normalized spacial score (nSPS) is 11.1. The number of nitrogen functional groups attached to an aromatic ring is 1. The van der Waals surface area contributed by atoms with E-state index >= 15 is 0 Å². The number of benzene rings is 1. The smallest absolute Gasteiger partial charge is 0.235 e. The van der Waals surface area contributed by atoms with Gasteiger partial charge in [-0.1, -0.05) is 11.3 Å². The molecule has 20 heavy (non-hydrogen) atoms. The van der Waals surface area contributed by atoms with Gasteiger partial charge in [0.15, 0.2) is 5.82 Å². The first kappa shape index (κ1) is 12.8. The van der Waals surface area contributed by atoms with Crippen molar-refractivity contribution < 1.29 is 9.47 Å². The molecule has 104 valence electrons. The molecule has 0 radical (unpaired) electrons. The Labute approximate surface area is 119 Å². The molecule has 2 aromatic heterocycles. The Morgan fingerprint density at radius 3 is 2.85 bits per heavy atom. The summed E-state index contributed by atoms with van der Waals surface area (Å²) in [5.41, 5.74) is 7.50. The van der Waals surface area contributed by atoms with Crippen LogP contribution < -0.4 is 10.5 Å². The van der Waals surface area contributed by atoms with Crippen LogP contribution in [0.2, 0.25) is 0 Å². The molecule has 2 N–H and O–H groups in total. The van der Waals surface area contributed by atoms with E-state index in [1.165, 1.54) is 11.3 Å². The van der Waals surface area contributed by atoms with Crippen molar-refractivity contribution in [3.63, 3.8) is 0 Å². The molecule has 3 aromatic rings. The zero-order valence-electron chi connectivity index (χ0n) is 11.0. The van der Waals surface area contributed by atoms with Crippen LogP contribution in [0.15, 0.2) is 18.2 Å². The highest BCUT2D eigenvalue weighted by molar-refractivity contribution is 7.19. The Morgan fingerprint density at radius 1 is 1.30 bits per heavy atom. The highest BCUT2D eigenvalue weighted by Crippen LogP contribution is 2.32. The number of nitrogens with zero attached hydrogens (tertiary/aromatic N) is 4. The fourth-order valence-electron chi connectivity index (χ4n) is 1.85. The van der Waals surface area contributed by atoms with Crippen LogP contribution in [0.25, 0.3) is 15.5 Å². The Kier molecular flexibility index (Phi) is 3.25. The third-order valence-corrected chi connectivity index (χ3v) is 3.75. The maximum atomic E-state index is 6.03. The first-order chi connectivity index (χ1) is 9.72. The molecule has 3 rings (SSSR count). The highest BCUT2D eigenvalue weighted by Gasteiger charge is 2.14. The van der Waals surface area contributed by atoms with Crippen LogP contribution in [0, 0.1) is 0 Å². The molecule has 2 heterocycles. The van der Waals surface area contributed by atoms with Gasteiger partial charge >= 0.3 is 0 Å². The minimum atomic E-state index is 0.364. The molecule has 0 saturated heterocycles. The van der Waals surface area contributed by atoms with Gasteiger partial charge in [-0.3, -0.25) is 0 Å². The Bertz CT molecular complexity index is 751. The van der Waals surface area contributed by atoms with Crippen LogP contribution in [0.1, 0.15) is 5.82 Å². The third-order valence-electron chi connectivity index (χ3n) is 2.82. The summed E-state index contributed by atoms with van der Waals surface area (Å²) in [6, 6.07) is 5.51. The minimum absolute atomic E-state index is 0.364. The molecule has 1 aromatic carbocycles. The average Bonchev–Trinajstić information content (AvgIpc) is 3.01. The van der Waals surface area contributed by atoms with Crippen molar-refractivity contribution >= 4 is 22.0 Å². The van der Waals surface area contributed by atoms with Gasteiger partial charge in [0.1, 0.15) is 17.4 Å². The molecule has 7 nitrogen and oxygen atoms in total. The number of aromatic nitrogens is 4. The van der Waals surface area contributed by atoms with Gasteiger partial charge in [-0.05, 0) is 12.1 Å². The second-order valence-electron chi connectivity index (χ2n) is 4.10. The summed E-state index contributed by atoms with van der Waals surface area (Å²) in [6.45, 7) is 0.364. The molecule has 0 atom stereocenters. The molecular formula is C12H13N5O2S. The molecule has 8 heteroatoms. The lowest BCUT2D eigenvalue weighted by Crippen LogP contribution is -1.98. The second-order valence-corrected chi connectivity index (χ2v) is 5.06. The van der Waals surface area contributed by atoms with E-state index in [1.54, 1.807) is 24.8 Å². The minimum Gasteiger partial charge on any atom is -0.497 e. The predicted octanol–water partition coefficient (Wildman–Crippen LogP) is 1.59. The maximum Gasteiger partial charge on any atom is 0.235 e. The monoisotopic (exact) mass is 291 g/mol. The van der Waals surface area contributed by atoms with E-state index in [0.29, 0.717) is 28.8 Å². The van der Waals surface area contributed by atoms with E-state index in [2.05, 4.69) is 15.3 Å². The van der Waals surface area contributed by atoms with Crippen LogP contribution in [0.4, 0.5) is 5.69 Å². The fraction of sp³-hybridized carbons (Fsp3) is 0.250. The number of fused-ring (bicyclic) bond motifs is 1. The number of hydrogen-bond acceptors (Lipinski definition) is 7. The standard InChI is InChI=1S/C12H13N5O2S/c1-18-6-10-14-15-12-17(10)16-11(20-12)8-4-3-7(19-2)5-9(8)13/h3-5H,6,13H2,1-2H3. The van der Waals surface area contributed by atoms with Crippen molar-refractivity contribution in [3.8, 4) is 16.3 Å². The summed E-state index contributed by atoms with van der Waals surface area (Å²) >= 11 is 1.43. The molecule has 0 aliphatic heterocycles. The molecule has 0 unspecified atom stereocenters. The third kappa shape index (κ3) is 2.08. The average molecular weight is 291 g/mol. The van der Waals surface area contributed by atoms with Crippen molar-refractivity contribution in [2.45, 2.75) is 6.61 Å². The Morgan fingerprint density at radius 2 is 2.15 bits per heavy atom. The molecule has 0 saturated carbocycles. The Hall–Kier alpha value is -2.19. The fourth-order valence-corrected chi connectivity index (χ4v) is 2.75. The lowest BCUT2D eigenvalue weighted by molar-refractivity contribution is 0.176. The van der Waals surface area contributed by atoms with Crippen molar-refractivity contribution in [2.75, 3.05) is 20.0 Å². The first-order valence-electron chi connectivity index (χ1n) is 5.87. The second kappa shape index (κ2) is 5.06. The topological polar surface area (TPSA) is 87.6 Å². The molecule has 0 spiro atoms.